The Morgan fingerprint density at radius 1 is 0.891 bits per heavy atom. The maximum atomic E-state index is 14.6. The smallest absolute Gasteiger partial charge is 0.264 e. The second-order valence-corrected chi connectivity index (χ2v) is 13.5. The largest absolute Gasteiger partial charge is 0.495 e. The van der Waals surface area contributed by atoms with E-state index in [0.29, 0.717) is 6.42 Å². The number of methoxy groups -OCH3 is 1. The lowest BCUT2D eigenvalue weighted by molar-refractivity contribution is -0.140. The second kappa shape index (κ2) is 15.8. The first-order chi connectivity index (χ1) is 22.0. The second-order valence-electron chi connectivity index (χ2n) is 11.2. The predicted molar refractivity (Wildman–Crippen MR) is 183 cm³/mol. The lowest BCUT2D eigenvalue weighted by Gasteiger charge is -2.34. The van der Waals surface area contributed by atoms with E-state index in [-0.39, 0.29) is 46.3 Å². The van der Waals surface area contributed by atoms with Gasteiger partial charge in [0.05, 0.1) is 17.7 Å². The van der Waals surface area contributed by atoms with Crippen molar-refractivity contribution in [2.45, 2.75) is 57.1 Å². The van der Waals surface area contributed by atoms with Crippen LogP contribution in [0.2, 0.25) is 5.02 Å². The third-order valence-corrected chi connectivity index (χ3v) is 9.77. The molecule has 1 N–H and O–H groups in total. The van der Waals surface area contributed by atoms with Crippen molar-refractivity contribution in [2.24, 2.45) is 0 Å². The zero-order chi connectivity index (χ0) is 33.3. The van der Waals surface area contributed by atoms with E-state index in [1.165, 1.54) is 30.2 Å². The fraction of sp³-hybridized carbons (Fsp3) is 0.278. The molecular weight excluding hydrogens is 622 g/mol. The molecule has 0 unspecified atom stereocenters. The van der Waals surface area contributed by atoms with E-state index in [2.05, 4.69) is 5.32 Å². The van der Waals surface area contributed by atoms with Crippen LogP contribution in [0, 0.1) is 6.92 Å². The number of aryl methyl sites for hydroxylation is 1. The number of nitrogens with zero attached hydrogens (tertiary/aromatic N) is 2. The number of rotatable bonds is 14. The molecule has 0 spiro atoms. The minimum absolute atomic E-state index is 0.00902. The first kappa shape index (κ1) is 34.5. The van der Waals surface area contributed by atoms with Crippen LogP contribution < -0.4 is 14.4 Å². The molecular formula is C36H40ClN3O5S. The Kier molecular flexibility index (Phi) is 11.8. The summed E-state index contributed by atoms with van der Waals surface area (Å²) < 4.78 is 35.0. The fourth-order valence-corrected chi connectivity index (χ4v) is 6.58. The number of carbonyl (C=O) groups is 2. The van der Waals surface area contributed by atoms with Gasteiger partial charge in [0.15, 0.2) is 0 Å². The van der Waals surface area contributed by atoms with Gasteiger partial charge in [-0.1, -0.05) is 96.9 Å². The zero-order valence-corrected chi connectivity index (χ0v) is 28.1. The minimum Gasteiger partial charge on any atom is -0.495 e. The summed E-state index contributed by atoms with van der Waals surface area (Å²) in [5.41, 5.74) is 2.81. The van der Waals surface area contributed by atoms with Crippen LogP contribution in [0.1, 0.15) is 37.0 Å². The van der Waals surface area contributed by atoms with Crippen molar-refractivity contribution in [2.75, 3.05) is 18.0 Å². The summed E-state index contributed by atoms with van der Waals surface area (Å²) in [5.74, 6) is -0.670. The molecule has 0 saturated carbocycles. The summed E-state index contributed by atoms with van der Waals surface area (Å²) in [5, 5.41) is 3.31. The molecule has 242 valence electrons. The molecule has 0 aliphatic rings. The average molecular weight is 662 g/mol. The third kappa shape index (κ3) is 8.68. The molecule has 2 atom stereocenters. The number of hydrogen-bond donors (Lipinski definition) is 1. The lowest BCUT2D eigenvalue weighted by Crippen LogP contribution is -2.54. The Labute approximate surface area is 277 Å². The van der Waals surface area contributed by atoms with Crippen LogP contribution in [-0.4, -0.2) is 50.9 Å². The van der Waals surface area contributed by atoms with Gasteiger partial charge in [-0.3, -0.25) is 13.9 Å². The summed E-state index contributed by atoms with van der Waals surface area (Å²) in [6.07, 6.45) is 0.931. The summed E-state index contributed by atoms with van der Waals surface area (Å²) >= 11 is 6.35. The number of sulfonamides is 1. The highest BCUT2D eigenvalue weighted by Gasteiger charge is 2.36. The summed E-state index contributed by atoms with van der Waals surface area (Å²) in [6.45, 7) is 5.31. The molecule has 4 aromatic rings. The third-order valence-electron chi connectivity index (χ3n) is 7.77. The topological polar surface area (TPSA) is 96.0 Å². The van der Waals surface area contributed by atoms with Crippen molar-refractivity contribution in [3.63, 3.8) is 0 Å². The highest BCUT2D eigenvalue weighted by molar-refractivity contribution is 7.92. The van der Waals surface area contributed by atoms with E-state index >= 15 is 0 Å². The molecule has 0 fully saturated rings. The first-order valence-electron chi connectivity index (χ1n) is 15.1. The number of hydrogen-bond acceptors (Lipinski definition) is 5. The van der Waals surface area contributed by atoms with Gasteiger partial charge < -0.3 is 15.0 Å². The number of amides is 2. The van der Waals surface area contributed by atoms with Crippen molar-refractivity contribution in [3.05, 3.63) is 125 Å². The predicted octanol–water partition coefficient (Wildman–Crippen LogP) is 6.41. The van der Waals surface area contributed by atoms with Crippen LogP contribution >= 0.6 is 11.6 Å². The van der Waals surface area contributed by atoms with Gasteiger partial charge in [0.1, 0.15) is 18.3 Å². The molecule has 0 heterocycles. The van der Waals surface area contributed by atoms with E-state index < -0.39 is 28.5 Å². The summed E-state index contributed by atoms with van der Waals surface area (Å²) in [6, 6.07) is 28.5. The van der Waals surface area contributed by atoms with E-state index in [9.17, 15) is 18.0 Å². The van der Waals surface area contributed by atoms with Crippen molar-refractivity contribution in [1.82, 2.24) is 10.2 Å². The molecule has 0 aliphatic carbocycles. The Hall–Kier alpha value is -4.34. The highest BCUT2D eigenvalue weighted by atomic mass is 35.5. The van der Waals surface area contributed by atoms with Crippen molar-refractivity contribution in [1.29, 1.82) is 0 Å². The average Bonchev–Trinajstić information content (AvgIpc) is 3.06. The van der Waals surface area contributed by atoms with Crippen LogP contribution in [0.4, 0.5) is 5.69 Å². The molecule has 2 amide bonds. The van der Waals surface area contributed by atoms with Gasteiger partial charge in [0, 0.05) is 24.0 Å². The van der Waals surface area contributed by atoms with Gasteiger partial charge in [-0.2, -0.15) is 0 Å². The molecule has 0 radical (unpaired) electrons. The van der Waals surface area contributed by atoms with Gasteiger partial charge in [0.25, 0.3) is 10.0 Å². The molecule has 0 bridgehead atoms. The summed E-state index contributed by atoms with van der Waals surface area (Å²) in [7, 11) is -2.87. The van der Waals surface area contributed by atoms with Crippen LogP contribution in [0.5, 0.6) is 5.75 Å². The first-order valence-corrected chi connectivity index (χ1v) is 17.0. The Bertz CT molecular complexity index is 1720. The Morgan fingerprint density at radius 3 is 2.13 bits per heavy atom. The number of ether oxygens (including phenoxy) is 1. The highest BCUT2D eigenvalue weighted by Crippen LogP contribution is 2.35. The molecule has 8 nitrogen and oxygen atoms in total. The normalized spacial score (nSPS) is 12.5. The van der Waals surface area contributed by atoms with Crippen LogP contribution in [0.3, 0.4) is 0 Å². The van der Waals surface area contributed by atoms with Gasteiger partial charge in [0.2, 0.25) is 11.8 Å². The molecule has 4 rings (SSSR count). The lowest BCUT2D eigenvalue weighted by atomic mass is 10.0. The SMILES string of the molecule is CC[C@H](C)NC(=O)[C@@H](Cc1ccccc1)N(Cc1ccc(C)cc1)C(=O)CN(c1cc(Cl)ccc1OC)S(=O)(=O)c1ccccc1. The zero-order valence-electron chi connectivity index (χ0n) is 26.5. The van der Waals surface area contributed by atoms with E-state index in [1.807, 2.05) is 75.4 Å². The van der Waals surface area contributed by atoms with E-state index in [4.69, 9.17) is 16.3 Å². The van der Waals surface area contributed by atoms with Gasteiger partial charge in [-0.25, -0.2) is 8.42 Å². The van der Waals surface area contributed by atoms with Gasteiger partial charge in [-0.15, -0.1) is 0 Å². The van der Waals surface area contributed by atoms with E-state index in [0.717, 1.165) is 21.0 Å². The van der Waals surface area contributed by atoms with Crippen molar-refractivity contribution in [3.8, 4) is 5.75 Å². The fourth-order valence-electron chi connectivity index (χ4n) is 4.98. The maximum absolute atomic E-state index is 14.6. The number of nitrogens with one attached hydrogen (secondary N) is 1. The van der Waals surface area contributed by atoms with Crippen LogP contribution in [0.15, 0.2) is 108 Å². The number of anilines is 1. The number of carbonyl (C=O) groups excluding carboxylic acids is 2. The van der Waals surface area contributed by atoms with Crippen LogP contribution in [-0.2, 0) is 32.6 Å². The standard InChI is InChI=1S/C36H40ClN3O5S/c1-5-27(3)38-36(42)33(22-28-12-8-6-9-13-28)39(24-29-18-16-26(2)17-19-29)35(41)25-40(32-23-30(37)20-21-34(32)45-4)46(43,44)31-14-10-7-11-15-31/h6-21,23,27,33H,5,22,24-25H2,1-4H3,(H,38,42)/t27-,33+/m0/s1. The molecule has 0 saturated heterocycles. The van der Waals surface area contributed by atoms with Gasteiger partial charge in [-0.05, 0) is 61.7 Å². The van der Waals surface area contributed by atoms with Crippen molar-refractivity contribution < 1.29 is 22.7 Å². The van der Waals surface area contributed by atoms with E-state index in [1.54, 1.807) is 30.3 Å². The molecule has 46 heavy (non-hydrogen) atoms. The maximum Gasteiger partial charge on any atom is 0.264 e. The monoisotopic (exact) mass is 661 g/mol. The molecule has 4 aromatic carbocycles. The number of halogens is 1. The Balaban J connectivity index is 1.84. The quantitative estimate of drug-likeness (QED) is 0.169. The summed E-state index contributed by atoms with van der Waals surface area (Å²) in [4.78, 5) is 30.0. The molecule has 10 heteroatoms. The van der Waals surface area contributed by atoms with Crippen LogP contribution in [0.25, 0.3) is 0 Å². The Morgan fingerprint density at radius 2 is 1.52 bits per heavy atom. The molecule has 0 aliphatic heterocycles. The van der Waals surface area contributed by atoms with Crippen molar-refractivity contribution >= 4 is 39.1 Å². The molecule has 0 aromatic heterocycles. The number of benzene rings is 4. The minimum atomic E-state index is -4.29. The van der Waals surface area contributed by atoms with Gasteiger partial charge >= 0.3 is 0 Å².